The molecule has 1 saturated heterocycles. The molecule has 0 bridgehead atoms. The predicted molar refractivity (Wildman–Crippen MR) is 66.7 cm³/mol. The van der Waals surface area contributed by atoms with Crippen LogP contribution in [0.2, 0.25) is 0 Å². The van der Waals surface area contributed by atoms with Crippen molar-refractivity contribution in [1.29, 1.82) is 0 Å². The molecule has 0 aliphatic carbocycles. The molecule has 1 aromatic rings. The zero-order valence-corrected chi connectivity index (χ0v) is 11.1. The van der Waals surface area contributed by atoms with Crippen molar-refractivity contribution in [3.8, 4) is 0 Å². The molecular weight excluding hydrogens is 232 g/mol. The molecule has 2 heterocycles. The van der Waals surface area contributed by atoms with Gasteiger partial charge in [0.1, 0.15) is 6.04 Å². The summed E-state index contributed by atoms with van der Waals surface area (Å²) in [5, 5.41) is 4.04. The van der Waals surface area contributed by atoms with Crippen molar-refractivity contribution < 1.29 is 9.53 Å². The summed E-state index contributed by atoms with van der Waals surface area (Å²) < 4.78 is 7.05. The van der Waals surface area contributed by atoms with Gasteiger partial charge in [-0.1, -0.05) is 0 Å². The molecule has 1 amide bonds. The van der Waals surface area contributed by atoms with Crippen LogP contribution in [0.3, 0.4) is 0 Å². The van der Waals surface area contributed by atoms with E-state index in [2.05, 4.69) is 5.10 Å². The Hall–Kier alpha value is -1.40. The highest BCUT2D eigenvalue weighted by Gasteiger charge is 2.36. The van der Waals surface area contributed by atoms with Crippen molar-refractivity contribution in [1.82, 2.24) is 14.7 Å². The molecule has 1 unspecified atom stereocenters. The number of amides is 1. The third-order valence-electron chi connectivity index (χ3n) is 3.26. The maximum atomic E-state index is 12.4. The van der Waals surface area contributed by atoms with E-state index in [1.807, 2.05) is 13.8 Å². The fraction of sp³-hybridized carbons (Fsp3) is 0.667. The first-order chi connectivity index (χ1) is 8.42. The number of morpholine rings is 1. The van der Waals surface area contributed by atoms with Crippen LogP contribution >= 0.6 is 0 Å². The standard InChI is InChI=1S/C12H20N4O2/c1-12(2)8-18-5-4-16(12)11(17)10(13)9-6-14-15(3)7-9/h6-7,10H,4-5,8,13H2,1-3H3. The first kappa shape index (κ1) is 13.0. The van der Waals surface area contributed by atoms with Crippen molar-refractivity contribution in [3.63, 3.8) is 0 Å². The van der Waals surface area contributed by atoms with Crippen LogP contribution in [0.5, 0.6) is 0 Å². The van der Waals surface area contributed by atoms with Gasteiger partial charge in [-0.25, -0.2) is 0 Å². The van der Waals surface area contributed by atoms with Crippen LogP contribution in [-0.2, 0) is 16.6 Å². The van der Waals surface area contributed by atoms with E-state index < -0.39 is 6.04 Å². The van der Waals surface area contributed by atoms with Crippen LogP contribution in [0.15, 0.2) is 12.4 Å². The Morgan fingerprint density at radius 1 is 1.61 bits per heavy atom. The largest absolute Gasteiger partial charge is 0.377 e. The van der Waals surface area contributed by atoms with Gasteiger partial charge in [0.2, 0.25) is 5.91 Å². The molecule has 1 fully saturated rings. The summed E-state index contributed by atoms with van der Waals surface area (Å²) in [6.07, 6.45) is 3.41. The van der Waals surface area contributed by atoms with Crippen LogP contribution < -0.4 is 5.73 Å². The number of carbonyl (C=O) groups excluding carboxylic acids is 1. The number of nitrogens with two attached hydrogens (primary N) is 1. The molecule has 2 N–H and O–H groups in total. The van der Waals surface area contributed by atoms with E-state index >= 15 is 0 Å². The number of ether oxygens (including phenoxy) is 1. The smallest absolute Gasteiger partial charge is 0.244 e. The van der Waals surface area contributed by atoms with Gasteiger partial charge in [-0.05, 0) is 13.8 Å². The summed E-state index contributed by atoms with van der Waals surface area (Å²) in [6, 6.07) is -0.656. The van der Waals surface area contributed by atoms with Gasteiger partial charge < -0.3 is 15.4 Å². The monoisotopic (exact) mass is 252 g/mol. The number of carbonyl (C=O) groups is 1. The molecule has 0 radical (unpaired) electrons. The second kappa shape index (κ2) is 4.70. The van der Waals surface area contributed by atoms with E-state index in [0.29, 0.717) is 19.8 Å². The Balaban J connectivity index is 2.15. The van der Waals surface area contributed by atoms with Crippen molar-refractivity contribution >= 4 is 5.91 Å². The first-order valence-electron chi connectivity index (χ1n) is 6.05. The van der Waals surface area contributed by atoms with Gasteiger partial charge in [-0.2, -0.15) is 5.10 Å². The molecule has 1 atom stereocenters. The lowest BCUT2D eigenvalue weighted by molar-refractivity contribution is -0.147. The van der Waals surface area contributed by atoms with Gasteiger partial charge in [0, 0.05) is 25.4 Å². The molecule has 1 aliphatic rings. The van der Waals surface area contributed by atoms with Gasteiger partial charge in [0.15, 0.2) is 0 Å². The quantitative estimate of drug-likeness (QED) is 0.807. The zero-order chi connectivity index (χ0) is 13.3. The van der Waals surface area contributed by atoms with Crippen LogP contribution in [0, 0.1) is 0 Å². The van der Waals surface area contributed by atoms with E-state index in [0.717, 1.165) is 5.56 Å². The summed E-state index contributed by atoms with van der Waals surface area (Å²) in [5.41, 5.74) is 6.45. The van der Waals surface area contributed by atoms with Crippen molar-refractivity contribution in [2.24, 2.45) is 12.8 Å². The minimum Gasteiger partial charge on any atom is -0.377 e. The van der Waals surface area contributed by atoms with Crippen LogP contribution in [0.25, 0.3) is 0 Å². The van der Waals surface area contributed by atoms with Gasteiger partial charge in [0.25, 0.3) is 0 Å². The van der Waals surface area contributed by atoms with E-state index in [9.17, 15) is 4.79 Å². The lowest BCUT2D eigenvalue weighted by atomic mass is 10.00. The van der Waals surface area contributed by atoms with Crippen molar-refractivity contribution in [2.45, 2.75) is 25.4 Å². The molecule has 18 heavy (non-hydrogen) atoms. The minimum absolute atomic E-state index is 0.0729. The van der Waals surface area contributed by atoms with Crippen LogP contribution in [0.1, 0.15) is 25.5 Å². The number of aromatic nitrogens is 2. The number of aryl methyl sites for hydroxylation is 1. The van der Waals surface area contributed by atoms with Gasteiger partial charge in [-0.15, -0.1) is 0 Å². The third kappa shape index (κ3) is 2.39. The number of hydrogen-bond acceptors (Lipinski definition) is 4. The second-order valence-electron chi connectivity index (χ2n) is 5.28. The minimum atomic E-state index is -0.656. The summed E-state index contributed by atoms with van der Waals surface area (Å²) >= 11 is 0. The SMILES string of the molecule is Cn1cc(C(N)C(=O)N2CCOCC2(C)C)cn1. The molecule has 6 heteroatoms. The van der Waals surface area contributed by atoms with E-state index in [1.54, 1.807) is 29.0 Å². The van der Waals surface area contributed by atoms with Gasteiger partial charge in [0.05, 0.1) is 24.9 Å². The summed E-state index contributed by atoms with van der Waals surface area (Å²) in [5.74, 6) is -0.0729. The highest BCUT2D eigenvalue weighted by molar-refractivity contribution is 5.83. The lowest BCUT2D eigenvalue weighted by Gasteiger charge is -2.43. The van der Waals surface area contributed by atoms with E-state index in [4.69, 9.17) is 10.5 Å². The summed E-state index contributed by atoms with van der Waals surface area (Å²) in [6.45, 7) is 5.66. The molecule has 6 nitrogen and oxygen atoms in total. The van der Waals surface area contributed by atoms with Crippen molar-refractivity contribution in [3.05, 3.63) is 18.0 Å². The highest BCUT2D eigenvalue weighted by atomic mass is 16.5. The molecule has 0 saturated carbocycles. The Kier molecular flexibility index (Phi) is 3.41. The zero-order valence-electron chi connectivity index (χ0n) is 11.1. The normalized spacial score (nSPS) is 20.8. The maximum Gasteiger partial charge on any atom is 0.244 e. The van der Waals surface area contributed by atoms with E-state index in [1.165, 1.54) is 0 Å². The maximum absolute atomic E-state index is 12.4. The van der Waals surface area contributed by atoms with Gasteiger partial charge >= 0.3 is 0 Å². The molecule has 2 rings (SSSR count). The topological polar surface area (TPSA) is 73.4 Å². The fourth-order valence-corrected chi connectivity index (χ4v) is 2.18. The van der Waals surface area contributed by atoms with E-state index in [-0.39, 0.29) is 11.4 Å². The van der Waals surface area contributed by atoms with Crippen LogP contribution in [-0.4, -0.2) is 45.9 Å². The third-order valence-corrected chi connectivity index (χ3v) is 3.26. The number of nitrogens with zero attached hydrogens (tertiary/aromatic N) is 3. The Bertz CT molecular complexity index is 441. The first-order valence-corrected chi connectivity index (χ1v) is 6.05. The van der Waals surface area contributed by atoms with Crippen molar-refractivity contribution in [2.75, 3.05) is 19.8 Å². The molecular formula is C12H20N4O2. The van der Waals surface area contributed by atoms with Crippen LogP contribution in [0.4, 0.5) is 0 Å². The summed E-state index contributed by atoms with van der Waals surface area (Å²) in [4.78, 5) is 14.2. The van der Waals surface area contributed by atoms with Gasteiger partial charge in [-0.3, -0.25) is 9.48 Å². The average Bonchev–Trinajstić information content (AvgIpc) is 2.73. The summed E-state index contributed by atoms with van der Waals surface area (Å²) in [7, 11) is 1.80. The Labute approximate surface area is 107 Å². The highest BCUT2D eigenvalue weighted by Crippen LogP contribution is 2.23. The fourth-order valence-electron chi connectivity index (χ4n) is 2.18. The number of hydrogen-bond donors (Lipinski definition) is 1. The molecule has 1 aliphatic heterocycles. The average molecular weight is 252 g/mol. The Morgan fingerprint density at radius 3 is 2.89 bits per heavy atom. The number of rotatable bonds is 2. The molecule has 0 spiro atoms. The lowest BCUT2D eigenvalue weighted by Crippen LogP contribution is -2.57. The Morgan fingerprint density at radius 2 is 2.33 bits per heavy atom. The molecule has 1 aromatic heterocycles. The molecule has 0 aromatic carbocycles. The molecule has 100 valence electrons. The second-order valence-corrected chi connectivity index (χ2v) is 5.28. The predicted octanol–water partition coefficient (Wildman–Crippen LogP) is 0.0573.